The average Bonchev–Trinajstić information content (AvgIpc) is 1.87. The van der Waals surface area contributed by atoms with Crippen molar-refractivity contribution in [3.63, 3.8) is 0 Å². The third-order valence-corrected chi connectivity index (χ3v) is 1.15. The van der Waals surface area contributed by atoms with Crippen LogP contribution in [0.2, 0.25) is 0 Å². The first-order valence-corrected chi connectivity index (χ1v) is 2.54. The smallest absolute Gasteiger partial charge is 0.126 e. The fourth-order valence-electron chi connectivity index (χ4n) is 0.765. The Morgan fingerprint density at radius 1 is 1.71 bits per heavy atom. The Balaban J connectivity index is 2.26. The zero-order chi connectivity index (χ0) is 5.28. The number of rotatable bonds is 0. The fourth-order valence-corrected chi connectivity index (χ4v) is 0.765. The molecule has 1 aliphatic heterocycles. The van der Waals surface area contributed by atoms with Gasteiger partial charge in [0.1, 0.15) is 6.17 Å². The minimum Gasteiger partial charge on any atom is -0.375 e. The number of alkyl halides is 1. The van der Waals surface area contributed by atoms with Crippen molar-refractivity contribution in [2.75, 3.05) is 6.61 Å². The van der Waals surface area contributed by atoms with E-state index < -0.39 is 6.17 Å². The Hall–Kier alpha value is -0.110. The van der Waals surface area contributed by atoms with Gasteiger partial charge in [0.2, 0.25) is 0 Å². The quantitative estimate of drug-likeness (QED) is 0.447. The van der Waals surface area contributed by atoms with E-state index in [0.29, 0.717) is 13.0 Å². The molecule has 1 heterocycles. The molecule has 1 rings (SSSR count). The molecule has 0 spiro atoms. The molecule has 2 unspecified atom stereocenters. The lowest BCUT2D eigenvalue weighted by Crippen LogP contribution is -1.96. The van der Waals surface area contributed by atoms with Gasteiger partial charge in [-0.25, -0.2) is 4.39 Å². The van der Waals surface area contributed by atoms with Crippen LogP contribution in [0.5, 0.6) is 0 Å². The average molecular weight is 104 g/mol. The molecule has 1 saturated heterocycles. The molecular weight excluding hydrogens is 95.1 g/mol. The molecular formula is C5H9FO. The van der Waals surface area contributed by atoms with Crippen LogP contribution in [0, 0.1) is 0 Å². The second-order valence-corrected chi connectivity index (χ2v) is 1.98. The van der Waals surface area contributed by atoms with Crippen molar-refractivity contribution in [1.29, 1.82) is 0 Å². The molecule has 2 heteroatoms. The molecule has 0 bridgehead atoms. The first kappa shape index (κ1) is 5.04. The molecule has 42 valence electrons. The topological polar surface area (TPSA) is 9.23 Å². The number of hydrogen-bond donors (Lipinski definition) is 0. The van der Waals surface area contributed by atoms with Crippen LogP contribution in [0.15, 0.2) is 0 Å². The molecule has 1 nitrogen and oxygen atoms in total. The lowest BCUT2D eigenvalue weighted by Gasteiger charge is -1.93. The Bertz CT molecular complexity index is 57.1. The monoisotopic (exact) mass is 104 g/mol. The molecule has 0 radical (unpaired) electrons. The number of halogens is 1. The SMILES string of the molecule is CC1CC(F)CO1. The highest BCUT2D eigenvalue weighted by atomic mass is 19.1. The predicted molar refractivity (Wildman–Crippen MR) is 24.9 cm³/mol. The highest BCUT2D eigenvalue weighted by molar-refractivity contribution is 4.67. The highest BCUT2D eigenvalue weighted by Gasteiger charge is 2.20. The first-order valence-electron chi connectivity index (χ1n) is 2.54. The van der Waals surface area contributed by atoms with Crippen LogP contribution in [0.25, 0.3) is 0 Å². The van der Waals surface area contributed by atoms with E-state index in [0.717, 1.165) is 0 Å². The second kappa shape index (κ2) is 1.78. The largest absolute Gasteiger partial charge is 0.375 e. The maximum absolute atomic E-state index is 12.0. The van der Waals surface area contributed by atoms with E-state index in [9.17, 15) is 4.39 Å². The van der Waals surface area contributed by atoms with Crippen LogP contribution in [0.4, 0.5) is 4.39 Å². The Morgan fingerprint density at radius 3 is 2.57 bits per heavy atom. The lowest BCUT2D eigenvalue weighted by molar-refractivity contribution is 0.115. The normalized spacial score (nSPS) is 42.0. The van der Waals surface area contributed by atoms with E-state index in [-0.39, 0.29) is 6.10 Å². The van der Waals surface area contributed by atoms with Crippen molar-refractivity contribution in [3.8, 4) is 0 Å². The van der Waals surface area contributed by atoms with Crippen LogP contribution in [0.1, 0.15) is 13.3 Å². The molecule has 1 aliphatic rings. The predicted octanol–water partition coefficient (Wildman–Crippen LogP) is 1.13. The summed E-state index contributed by atoms with van der Waals surface area (Å²) in [5.74, 6) is 0. The van der Waals surface area contributed by atoms with Gasteiger partial charge >= 0.3 is 0 Å². The van der Waals surface area contributed by atoms with E-state index in [2.05, 4.69) is 0 Å². The van der Waals surface area contributed by atoms with Crippen LogP contribution in [-0.4, -0.2) is 18.9 Å². The summed E-state index contributed by atoms with van der Waals surface area (Å²) in [5, 5.41) is 0. The lowest BCUT2D eigenvalue weighted by atomic mass is 10.2. The summed E-state index contributed by atoms with van der Waals surface area (Å²) < 4.78 is 16.9. The molecule has 0 amide bonds. The molecule has 0 saturated carbocycles. The maximum Gasteiger partial charge on any atom is 0.126 e. The van der Waals surface area contributed by atoms with Gasteiger partial charge in [-0.3, -0.25) is 0 Å². The van der Waals surface area contributed by atoms with E-state index >= 15 is 0 Å². The molecule has 0 aromatic carbocycles. The van der Waals surface area contributed by atoms with Crippen molar-refractivity contribution in [3.05, 3.63) is 0 Å². The Labute approximate surface area is 42.5 Å². The van der Waals surface area contributed by atoms with Gasteiger partial charge in [0, 0.05) is 6.42 Å². The van der Waals surface area contributed by atoms with Crippen molar-refractivity contribution >= 4 is 0 Å². The number of hydrogen-bond acceptors (Lipinski definition) is 1. The van der Waals surface area contributed by atoms with Gasteiger partial charge in [-0.05, 0) is 6.92 Å². The third-order valence-electron chi connectivity index (χ3n) is 1.15. The second-order valence-electron chi connectivity index (χ2n) is 1.98. The summed E-state index contributed by atoms with van der Waals surface area (Å²) in [5.41, 5.74) is 0. The first-order chi connectivity index (χ1) is 3.29. The molecule has 2 atom stereocenters. The standard InChI is InChI=1S/C5H9FO/c1-4-2-5(6)3-7-4/h4-5H,2-3H2,1H3. The Morgan fingerprint density at radius 2 is 2.43 bits per heavy atom. The zero-order valence-electron chi connectivity index (χ0n) is 4.36. The molecule has 0 aromatic rings. The van der Waals surface area contributed by atoms with Crippen LogP contribution in [0.3, 0.4) is 0 Å². The van der Waals surface area contributed by atoms with Gasteiger partial charge in [0.05, 0.1) is 12.7 Å². The minimum absolute atomic E-state index is 0.148. The zero-order valence-corrected chi connectivity index (χ0v) is 4.36. The fraction of sp³-hybridized carbons (Fsp3) is 1.00. The van der Waals surface area contributed by atoms with Crippen molar-refractivity contribution in [2.45, 2.75) is 25.6 Å². The summed E-state index contributed by atoms with van der Waals surface area (Å²) in [6.45, 7) is 2.20. The minimum atomic E-state index is -0.699. The summed E-state index contributed by atoms with van der Waals surface area (Å²) in [7, 11) is 0. The molecule has 0 N–H and O–H groups in total. The number of ether oxygens (including phenoxy) is 1. The van der Waals surface area contributed by atoms with Crippen LogP contribution < -0.4 is 0 Å². The van der Waals surface area contributed by atoms with E-state index in [1.807, 2.05) is 6.92 Å². The molecule has 1 fully saturated rings. The van der Waals surface area contributed by atoms with Crippen molar-refractivity contribution in [1.82, 2.24) is 0 Å². The van der Waals surface area contributed by atoms with Crippen molar-refractivity contribution < 1.29 is 9.13 Å². The third kappa shape index (κ3) is 1.13. The van der Waals surface area contributed by atoms with Gasteiger partial charge in [-0.1, -0.05) is 0 Å². The van der Waals surface area contributed by atoms with E-state index in [4.69, 9.17) is 4.74 Å². The maximum atomic E-state index is 12.0. The van der Waals surface area contributed by atoms with Gasteiger partial charge in [-0.2, -0.15) is 0 Å². The molecule has 0 aromatic heterocycles. The molecule has 0 aliphatic carbocycles. The summed E-state index contributed by atoms with van der Waals surface area (Å²) >= 11 is 0. The summed E-state index contributed by atoms with van der Waals surface area (Å²) in [6.07, 6.45) is 0.0324. The summed E-state index contributed by atoms with van der Waals surface area (Å²) in [4.78, 5) is 0. The van der Waals surface area contributed by atoms with Gasteiger partial charge in [0.15, 0.2) is 0 Å². The van der Waals surface area contributed by atoms with Crippen LogP contribution in [-0.2, 0) is 4.74 Å². The van der Waals surface area contributed by atoms with Crippen LogP contribution >= 0.6 is 0 Å². The van der Waals surface area contributed by atoms with Gasteiger partial charge in [-0.15, -0.1) is 0 Å². The van der Waals surface area contributed by atoms with E-state index in [1.165, 1.54) is 0 Å². The Kier molecular flexibility index (Phi) is 1.28. The van der Waals surface area contributed by atoms with Crippen molar-refractivity contribution in [2.24, 2.45) is 0 Å². The highest BCUT2D eigenvalue weighted by Crippen LogP contribution is 2.14. The van der Waals surface area contributed by atoms with Gasteiger partial charge in [0.25, 0.3) is 0 Å². The van der Waals surface area contributed by atoms with Gasteiger partial charge < -0.3 is 4.74 Å². The summed E-state index contributed by atoms with van der Waals surface area (Å²) in [6, 6.07) is 0. The van der Waals surface area contributed by atoms with E-state index in [1.54, 1.807) is 0 Å². The molecule has 7 heavy (non-hydrogen) atoms.